The first-order valence-electron chi connectivity index (χ1n) is 13.4. The fourth-order valence-corrected chi connectivity index (χ4v) is 4.83. The Morgan fingerprint density at radius 2 is 1.50 bits per heavy atom. The Hall–Kier alpha value is -3.75. The molecule has 2 fully saturated rings. The number of carboxylic acid groups (broad SMARTS) is 3. The number of hydrogen-bond acceptors (Lipinski definition) is 8. The number of carboxylic acids is 3. The highest BCUT2D eigenvalue weighted by Crippen LogP contribution is 2.21. The van der Waals surface area contributed by atoms with E-state index >= 15 is 0 Å². The van der Waals surface area contributed by atoms with E-state index in [1.807, 2.05) is 19.2 Å². The van der Waals surface area contributed by atoms with Crippen LogP contribution in [0.1, 0.15) is 65.2 Å². The van der Waals surface area contributed by atoms with Gasteiger partial charge >= 0.3 is 17.9 Å². The lowest BCUT2D eigenvalue weighted by Crippen LogP contribution is -2.58. The van der Waals surface area contributed by atoms with Gasteiger partial charge in [-0.3, -0.25) is 28.8 Å². The maximum absolute atomic E-state index is 13.3. The molecule has 5 atom stereocenters. The molecule has 0 aromatic carbocycles. The fraction of sp³-hybridized carbons (Fsp3) is 0.720. The Kier molecular flexibility index (Phi) is 12.3. The van der Waals surface area contributed by atoms with Gasteiger partial charge in [0, 0.05) is 13.0 Å². The van der Waals surface area contributed by atoms with Crippen molar-refractivity contribution in [1.82, 2.24) is 26.2 Å². The highest BCUT2D eigenvalue weighted by molar-refractivity contribution is 5.96. The minimum absolute atomic E-state index is 0.0849. The first-order valence-corrected chi connectivity index (χ1v) is 13.4. The number of hydrogen-bond donors (Lipinski definition) is 7. The summed E-state index contributed by atoms with van der Waals surface area (Å²) in [4.78, 5) is 87.2. The number of carbonyl (C=O) groups is 7. The summed E-state index contributed by atoms with van der Waals surface area (Å²) in [6.45, 7) is 4.75. The zero-order valence-corrected chi connectivity index (χ0v) is 22.7. The quantitative estimate of drug-likeness (QED) is 0.122. The third kappa shape index (κ3) is 9.77. The van der Waals surface area contributed by atoms with Crippen molar-refractivity contribution in [3.8, 4) is 0 Å². The first kappa shape index (κ1) is 32.5. The van der Waals surface area contributed by atoms with E-state index in [0.717, 1.165) is 13.0 Å². The Labute approximate surface area is 231 Å². The second-order valence-electron chi connectivity index (χ2n) is 10.5. The van der Waals surface area contributed by atoms with Gasteiger partial charge in [0.2, 0.25) is 23.6 Å². The summed E-state index contributed by atoms with van der Waals surface area (Å²) in [5, 5.41) is 37.4. The molecule has 0 spiro atoms. The van der Waals surface area contributed by atoms with E-state index in [1.165, 1.54) is 4.90 Å². The Morgan fingerprint density at radius 3 is 2.05 bits per heavy atom. The van der Waals surface area contributed by atoms with Gasteiger partial charge in [0.15, 0.2) is 0 Å². The monoisotopic (exact) mass is 569 g/mol. The first-order chi connectivity index (χ1) is 18.8. The normalized spacial score (nSPS) is 20.8. The van der Waals surface area contributed by atoms with Crippen LogP contribution in [0.15, 0.2) is 0 Å². The van der Waals surface area contributed by atoms with Crippen molar-refractivity contribution in [2.24, 2.45) is 5.92 Å². The van der Waals surface area contributed by atoms with Crippen molar-refractivity contribution >= 4 is 41.5 Å². The number of amides is 4. The average Bonchev–Trinajstić information content (AvgIpc) is 3.57. The molecule has 4 amide bonds. The molecule has 0 saturated carbocycles. The van der Waals surface area contributed by atoms with Gasteiger partial charge in [-0.05, 0) is 51.0 Å². The topological polar surface area (TPSA) is 232 Å². The van der Waals surface area contributed by atoms with Gasteiger partial charge in [0.25, 0.3) is 0 Å². The standard InChI is InChI=1S/C25H39N5O10/c1-13(2)11-16(28-23(37)18-6-4-10-30(18)24(38)15-5-3-9-26-15)22(36)27-14(7-8-19(31)32)21(35)29-17(25(39)40)12-20(33)34/h13-18,26H,3-12H2,1-2H3,(H,27,36)(H,28,37)(H,29,35)(H,31,32)(H,33,34)(H,39,40)/t14-,15-,16-,17-,18-/m0/s1. The number of nitrogens with one attached hydrogen (secondary N) is 4. The average molecular weight is 570 g/mol. The minimum Gasteiger partial charge on any atom is -0.481 e. The second-order valence-corrected chi connectivity index (χ2v) is 10.5. The molecular formula is C25H39N5O10. The van der Waals surface area contributed by atoms with Gasteiger partial charge < -0.3 is 41.5 Å². The van der Waals surface area contributed by atoms with Gasteiger partial charge in [-0.1, -0.05) is 13.8 Å². The van der Waals surface area contributed by atoms with Crippen molar-refractivity contribution in [3.05, 3.63) is 0 Å². The third-order valence-electron chi connectivity index (χ3n) is 6.81. The zero-order valence-electron chi connectivity index (χ0n) is 22.7. The van der Waals surface area contributed by atoms with Crippen molar-refractivity contribution in [2.45, 2.75) is 95.4 Å². The predicted molar refractivity (Wildman–Crippen MR) is 138 cm³/mol. The maximum atomic E-state index is 13.3. The highest BCUT2D eigenvalue weighted by Gasteiger charge is 2.39. The molecule has 2 aliphatic heterocycles. The van der Waals surface area contributed by atoms with E-state index in [-0.39, 0.29) is 24.3 Å². The van der Waals surface area contributed by atoms with Gasteiger partial charge in [0.05, 0.1) is 12.5 Å². The van der Waals surface area contributed by atoms with Crippen LogP contribution in [-0.2, 0) is 33.6 Å². The van der Waals surface area contributed by atoms with Crippen molar-refractivity contribution in [2.75, 3.05) is 13.1 Å². The molecule has 15 heteroatoms. The summed E-state index contributed by atoms with van der Waals surface area (Å²) < 4.78 is 0. The molecular weight excluding hydrogens is 530 g/mol. The molecule has 7 N–H and O–H groups in total. The molecule has 0 radical (unpaired) electrons. The van der Waals surface area contributed by atoms with Crippen molar-refractivity contribution in [1.29, 1.82) is 0 Å². The van der Waals surface area contributed by atoms with Crippen LogP contribution in [0.5, 0.6) is 0 Å². The summed E-state index contributed by atoms with van der Waals surface area (Å²) >= 11 is 0. The number of aliphatic carboxylic acids is 3. The molecule has 0 aromatic heterocycles. The summed E-state index contributed by atoms with van der Waals surface area (Å²) in [5.41, 5.74) is 0. The number of carbonyl (C=O) groups excluding carboxylic acids is 4. The lowest BCUT2D eigenvalue weighted by molar-refractivity contribution is -0.147. The summed E-state index contributed by atoms with van der Waals surface area (Å²) in [7, 11) is 0. The molecule has 0 unspecified atom stereocenters. The van der Waals surface area contributed by atoms with E-state index in [0.29, 0.717) is 25.8 Å². The van der Waals surface area contributed by atoms with Crippen molar-refractivity contribution < 1.29 is 48.9 Å². The van der Waals surface area contributed by atoms with E-state index < -0.39 is 79.1 Å². The lowest BCUT2D eigenvalue weighted by Gasteiger charge is -2.29. The van der Waals surface area contributed by atoms with E-state index in [9.17, 15) is 38.7 Å². The van der Waals surface area contributed by atoms with Gasteiger partial charge in [0.1, 0.15) is 24.2 Å². The molecule has 15 nitrogen and oxygen atoms in total. The third-order valence-corrected chi connectivity index (χ3v) is 6.81. The van der Waals surface area contributed by atoms with E-state index in [4.69, 9.17) is 10.2 Å². The predicted octanol–water partition coefficient (Wildman–Crippen LogP) is -1.35. The molecule has 2 saturated heterocycles. The van der Waals surface area contributed by atoms with Crippen LogP contribution in [-0.4, -0.2) is 105 Å². The van der Waals surface area contributed by atoms with Gasteiger partial charge in [-0.15, -0.1) is 0 Å². The van der Waals surface area contributed by atoms with Crippen LogP contribution >= 0.6 is 0 Å². The molecule has 0 aromatic rings. The minimum atomic E-state index is -1.80. The number of rotatable bonds is 15. The Morgan fingerprint density at radius 1 is 0.850 bits per heavy atom. The van der Waals surface area contributed by atoms with Crippen LogP contribution in [0.2, 0.25) is 0 Å². The van der Waals surface area contributed by atoms with Crippen LogP contribution in [0.3, 0.4) is 0 Å². The highest BCUT2D eigenvalue weighted by atomic mass is 16.4. The van der Waals surface area contributed by atoms with E-state index in [2.05, 4.69) is 16.0 Å². The number of likely N-dealkylation sites (tertiary alicyclic amines) is 1. The Balaban J connectivity index is 2.15. The van der Waals surface area contributed by atoms with Crippen LogP contribution in [0.25, 0.3) is 0 Å². The molecule has 2 rings (SSSR count). The zero-order chi connectivity index (χ0) is 30.0. The molecule has 224 valence electrons. The van der Waals surface area contributed by atoms with Crippen molar-refractivity contribution in [3.63, 3.8) is 0 Å². The number of nitrogens with zero attached hydrogens (tertiary/aromatic N) is 1. The van der Waals surface area contributed by atoms with Crippen LogP contribution < -0.4 is 21.3 Å². The molecule has 2 aliphatic rings. The van der Waals surface area contributed by atoms with Crippen LogP contribution in [0.4, 0.5) is 0 Å². The smallest absolute Gasteiger partial charge is 0.326 e. The SMILES string of the molecule is CC(C)C[C@H](NC(=O)[C@@H]1CCCN1C(=O)[C@@H]1CCCN1)C(=O)N[C@@H](CCC(=O)O)C(=O)N[C@@H](CC(=O)O)C(=O)O. The summed E-state index contributed by atoms with van der Waals surface area (Å²) in [5.74, 6) is -7.03. The Bertz CT molecular complexity index is 981. The summed E-state index contributed by atoms with van der Waals surface area (Å²) in [6, 6.07) is -5.57. The fourth-order valence-electron chi connectivity index (χ4n) is 4.83. The molecule has 2 heterocycles. The molecule has 0 aliphatic carbocycles. The maximum Gasteiger partial charge on any atom is 0.326 e. The lowest BCUT2D eigenvalue weighted by atomic mass is 10.0. The van der Waals surface area contributed by atoms with Gasteiger partial charge in [-0.2, -0.15) is 0 Å². The van der Waals surface area contributed by atoms with Gasteiger partial charge in [-0.25, -0.2) is 4.79 Å². The molecule has 0 bridgehead atoms. The van der Waals surface area contributed by atoms with Crippen LogP contribution in [0, 0.1) is 5.92 Å². The molecule has 40 heavy (non-hydrogen) atoms. The second kappa shape index (κ2) is 15.1. The van der Waals surface area contributed by atoms with E-state index in [1.54, 1.807) is 0 Å². The summed E-state index contributed by atoms with van der Waals surface area (Å²) in [6.07, 6.45) is 0.847. The largest absolute Gasteiger partial charge is 0.481 e.